The quantitative estimate of drug-likeness (QED) is 0.667. The van der Waals surface area contributed by atoms with Crippen molar-refractivity contribution in [2.24, 2.45) is 5.92 Å². The predicted molar refractivity (Wildman–Crippen MR) is 110 cm³/mol. The summed E-state index contributed by atoms with van der Waals surface area (Å²) in [5.74, 6) is -1.33. The lowest BCUT2D eigenvalue weighted by Crippen LogP contribution is -2.53. The van der Waals surface area contributed by atoms with Crippen LogP contribution in [0, 0.1) is 26.7 Å². The Morgan fingerprint density at radius 1 is 1.14 bits per heavy atom. The topological polar surface area (TPSA) is 105 Å². The van der Waals surface area contributed by atoms with E-state index in [9.17, 15) is 18.0 Å². The van der Waals surface area contributed by atoms with Crippen LogP contribution in [-0.2, 0) is 24.3 Å². The van der Waals surface area contributed by atoms with Crippen molar-refractivity contribution in [3.8, 4) is 0 Å². The van der Waals surface area contributed by atoms with Gasteiger partial charge in [0.2, 0.25) is 10.0 Å². The third kappa shape index (κ3) is 5.77. The normalized spacial score (nSPS) is 17.9. The maximum Gasteiger partial charge on any atom is 0.309 e. The first kappa shape index (κ1) is 23.3. The van der Waals surface area contributed by atoms with Gasteiger partial charge >= 0.3 is 11.8 Å². The van der Waals surface area contributed by atoms with E-state index < -0.39 is 28.1 Å². The zero-order chi connectivity index (χ0) is 21.8. The Morgan fingerprint density at radius 3 is 2.31 bits per heavy atom. The van der Waals surface area contributed by atoms with E-state index in [1.807, 2.05) is 32.9 Å². The largest absolute Gasteiger partial charge is 0.360 e. The van der Waals surface area contributed by atoms with Crippen LogP contribution in [0.15, 0.2) is 17.0 Å². The van der Waals surface area contributed by atoms with Gasteiger partial charge in [-0.1, -0.05) is 31.5 Å². The number of carbonyl (C=O) groups excluding carboxylic acids is 2. The van der Waals surface area contributed by atoms with Crippen LogP contribution < -0.4 is 10.6 Å². The second kappa shape index (κ2) is 9.69. The Bertz CT molecular complexity index is 844. The Morgan fingerprint density at radius 2 is 1.72 bits per heavy atom. The molecular weight excluding hydrogens is 394 g/mol. The average Bonchev–Trinajstić information content (AvgIpc) is 2.63. The summed E-state index contributed by atoms with van der Waals surface area (Å²) in [7, 11) is -3.82. The Labute approximate surface area is 173 Å². The summed E-state index contributed by atoms with van der Waals surface area (Å²) in [5, 5.41) is 5.02. The smallest absolute Gasteiger partial charge is 0.309 e. The molecule has 1 atom stereocenters. The molecule has 0 aliphatic carbocycles. The number of hydrogen-bond acceptors (Lipinski definition) is 5. The molecule has 9 heteroatoms. The van der Waals surface area contributed by atoms with Gasteiger partial charge in [0.15, 0.2) is 0 Å². The second-order valence-corrected chi connectivity index (χ2v) is 9.66. The van der Waals surface area contributed by atoms with Gasteiger partial charge in [0.05, 0.1) is 18.0 Å². The Balaban J connectivity index is 2.15. The summed E-state index contributed by atoms with van der Waals surface area (Å²) in [6, 6.07) is 3.67. The number of amides is 2. The standard InChI is InChI=1S/C20H31N3O5S/c1-13(2)11-21-19(24)20(25)22-12-17-23(7-6-8-28-17)29(26,27)18-15(4)9-14(3)10-16(18)5/h9-10,13,17H,6-8,11-12H2,1-5H3,(H,21,24)(H,22,25)/t17-/m1/s1. The maximum atomic E-state index is 13.4. The molecule has 1 aliphatic heterocycles. The van der Waals surface area contributed by atoms with Crippen LogP contribution in [0.25, 0.3) is 0 Å². The molecule has 0 radical (unpaired) electrons. The van der Waals surface area contributed by atoms with Crippen LogP contribution in [-0.4, -0.2) is 57.0 Å². The highest BCUT2D eigenvalue weighted by molar-refractivity contribution is 7.89. The lowest BCUT2D eigenvalue weighted by Gasteiger charge is -2.35. The number of ether oxygens (including phenoxy) is 1. The van der Waals surface area contributed by atoms with Crippen molar-refractivity contribution < 1.29 is 22.7 Å². The van der Waals surface area contributed by atoms with E-state index in [1.165, 1.54) is 4.31 Å². The minimum absolute atomic E-state index is 0.100. The van der Waals surface area contributed by atoms with E-state index in [0.29, 0.717) is 30.7 Å². The zero-order valence-electron chi connectivity index (χ0n) is 17.7. The van der Waals surface area contributed by atoms with Gasteiger partial charge in [-0.25, -0.2) is 8.42 Å². The van der Waals surface area contributed by atoms with E-state index >= 15 is 0 Å². The molecule has 162 valence electrons. The summed E-state index contributed by atoms with van der Waals surface area (Å²) in [6.45, 7) is 10.3. The van der Waals surface area contributed by atoms with Gasteiger partial charge in [-0.05, 0) is 44.2 Å². The monoisotopic (exact) mass is 425 g/mol. The summed E-state index contributed by atoms with van der Waals surface area (Å²) in [6.07, 6.45) is -0.307. The highest BCUT2D eigenvalue weighted by Crippen LogP contribution is 2.28. The molecule has 2 N–H and O–H groups in total. The van der Waals surface area contributed by atoms with Crippen LogP contribution in [0.4, 0.5) is 0 Å². The van der Waals surface area contributed by atoms with E-state index in [1.54, 1.807) is 13.8 Å². The van der Waals surface area contributed by atoms with E-state index in [-0.39, 0.29) is 23.9 Å². The first-order chi connectivity index (χ1) is 13.5. The van der Waals surface area contributed by atoms with Crippen LogP contribution in [0.3, 0.4) is 0 Å². The van der Waals surface area contributed by atoms with Crippen molar-refractivity contribution >= 4 is 21.8 Å². The fraction of sp³-hybridized carbons (Fsp3) is 0.600. The predicted octanol–water partition coefficient (Wildman–Crippen LogP) is 1.24. The van der Waals surface area contributed by atoms with Crippen molar-refractivity contribution in [2.75, 3.05) is 26.2 Å². The molecular formula is C20H31N3O5S. The minimum Gasteiger partial charge on any atom is -0.360 e. The highest BCUT2D eigenvalue weighted by atomic mass is 32.2. The van der Waals surface area contributed by atoms with Gasteiger partial charge in [0, 0.05) is 13.1 Å². The molecule has 1 saturated heterocycles. The lowest BCUT2D eigenvalue weighted by molar-refractivity contribution is -0.140. The van der Waals surface area contributed by atoms with Crippen LogP contribution >= 0.6 is 0 Å². The fourth-order valence-corrected chi connectivity index (χ4v) is 5.41. The molecule has 0 bridgehead atoms. The van der Waals surface area contributed by atoms with E-state index in [0.717, 1.165) is 5.56 Å². The molecule has 1 aliphatic rings. The molecule has 29 heavy (non-hydrogen) atoms. The number of benzene rings is 1. The number of aryl methyl sites for hydroxylation is 3. The molecule has 1 fully saturated rings. The van der Waals surface area contributed by atoms with Crippen LogP contribution in [0.5, 0.6) is 0 Å². The number of carbonyl (C=O) groups is 2. The molecule has 0 aromatic heterocycles. The van der Waals surface area contributed by atoms with Crippen LogP contribution in [0.1, 0.15) is 37.0 Å². The first-order valence-electron chi connectivity index (χ1n) is 9.81. The molecule has 1 aromatic rings. The third-order valence-corrected chi connectivity index (χ3v) is 6.83. The molecule has 0 spiro atoms. The van der Waals surface area contributed by atoms with Crippen molar-refractivity contribution in [1.82, 2.24) is 14.9 Å². The molecule has 2 amide bonds. The lowest BCUT2D eigenvalue weighted by atomic mass is 10.1. The number of hydrogen-bond donors (Lipinski definition) is 2. The fourth-order valence-electron chi connectivity index (χ4n) is 3.43. The van der Waals surface area contributed by atoms with Crippen LogP contribution in [0.2, 0.25) is 0 Å². The highest BCUT2D eigenvalue weighted by Gasteiger charge is 2.36. The van der Waals surface area contributed by atoms with E-state index in [2.05, 4.69) is 10.6 Å². The van der Waals surface area contributed by atoms with Crippen molar-refractivity contribution in [3.63, 3.8) is 0 Å². The van der Waals surface area contributed by atoms with Gasteiger partial charge in [0.1, 0.15) is 6.23 Å². The minimum atomic E-state index is -3.82. The molecule has 1 heterocycles. The summed E-state index contributed by atoms with van der Waals surface area (Å²) in [5.41, 5.74) is 2.33. The van der Waals surface area contributed by atoms with Crippen molar-refractivity contribution in [3.05, 3.63) is 28.8 Å². The van der Waals surface area contributed by atoms with E-state index in [4.69, 9.17) is 4.74 Å². The number of nitrogens with one attached hydrogen (secondary N) is 2. The van der Waals surface area contributed by atoms with Gasteiger partial charge in [0.25, 0.3) is 0 Å². The Kier molecular flexibility index (Phi) is 7.79. The molecule has 0 unspecified atom stereocenters. The summed E-state index contributed by atoms with van der Waals surface area (Å²) in [4.78, 5) is 24.1. The number of rotatable bonds is 6. The zero-order valence-corrected chi connectivity index (χ0v) is 18.6. The summed E-state index contributed by atoms with van der Waals surface area (Å²) >= 11 is 0. The average molecular weight is 426 g/mol. The van der Waals surface area contributed by atoms with Crippen molar-refractivity contribution in [1.29, 1.82) is 0 Å². The van der Waals surface area contributed by atoms with Gasteiger partial charge in [-0.2, -0.15) is 4.31 Å². The number of sulfonamides is 1. The molecule has 1 aromatic carbocycles. The molecule has 0 saturated carbocycles. The Hall–Kier alpha value is -1.97. The van der Waals surface area contributed by atoms with Crippen molar-refractivity contribution in [2.45, 2.75) is 52.2 Å². The maximum absolute atomic E-state index is 13.4. The van der Waals surface area contributed by atoms with Gasteiger partial charge in [-0.3, -0.25) is 9.59 Å². The van der Waals surface area contributed by atoms with Gasteiger partial charge in [-0.15, -0.1) is 0 Å². The summed E-state index contributed by atoms with van der Waals surface area (Å²) < 4.78 is 33.6. The number of nitrogens with zero attached hydrogens (tertiary/aromatic N) is 1. The first-order valence-corrected chi connectivity index (χ1v) is 11.3. The SMILES string of the molecule is Cc1cc(C)c(S(=O)(=O)N2CCCO[C@@H]2CNC(=O)C(=O)NCC(C)C)c(C)c1. The van der Waals surface area contributed by atoms with Gasteiger partial charge < -0.3 is 15.4 Å². The second-order valence-electron chi connectivity index (χ2n) is 7.84. The molecule has 8 nitrogen and oxygen atoms in total. The molecule has 2 rings (SSSR count). The third-order valence-electron chi connectivity index (χ3n) is 4.64.